The monoisotopic (exact) mass is 276 g/mol. The molecule has 0 aromatic heterocycles. The summed E-state index contributed by atoms with van der Waals surface area (Å²) in [6.07, 6.45) is -2.78. The topological polar surface area (TPSA) is 55.8 Å². The number of methoxy groups -OCH3 is 1. The van der Waals surface area contributed by atoms with Crippen molar-refractivity contribution in [2.75, 3.05) is 13.9 Å². The van der Waals surface area contributed by atoms with Gasteiger partial charge in [-0.25, -0.2) is 4.79 Å². The molecule has 1 rings (SSSR count). The molecule has 0 aliphatic carbocycles. The average Bonchev–Trinajstić information content (AvgIpc) is 2.33. The molecule has 0 fully saturated rings. The van der Waals surface area contributed by atoms with Gasteiger partial charge in [-0.3, -0.25) is 0 Å². The zero-order chi connectivity index (χ0) is 14.5. The molecular formula is C12H11F3O4. The molecule has 104 valence electrons. The second-order valence-corrected chi connectivity index (χ2v) is 3.48. The van der Waals surface area contributed by atoms with Crippen molar-refractivity contribution in [1.29, 1.82) is 0 Å². The average molecular weight is 276 g/mol. The molecule has 0 saturated carbocycles. The number of aliphatic carboxylic acids is 1. The van der Waals surface area contributed by atoms with Crippen LogP contribution >= 0.6 is 0 Å². The third-order valence-corrected chi connectivity index (χ3v) is 2.06. The smallest absolute Gasteiger partial charge is 0.419 e. The van der Waals surface area contributed by atoms with Gasteiger partial charge in [0.15, 0.2) is 6.79 Å². The Labute approximate surface area is 107 Å². The van der Waals surface area contributed by atoms with Gasteiger partial charge in [0.25, 0.3) is 0 Å². The van der Waals surface area contributed by atoms with Gasteiger partial charge in [-0.15, -0.1) is 0 Å². The first-order valence-corrected chi connectivity index (χ1v) is 5.08. The van der Waals surface area contributed by atoms with E-state index in [-0.39, 0.29) is 18.1 Å². The van der Waals surface area contributed by atoms with Crippen LogP contribution in [0.2, 0.25) is 0 Å². The first kappa shape index (κ1) is 15.0. The van der Waals surface area contributed by atoms with E-state index in [0.29, 0.717) is 0 Å². The minimum Gasteiger partial charge on any atom is -0.478 e. The third-order valence-electron chi connectivity index (χ3n) is 2.06. The zero-order valence-electron chi connectivity index (χ0n) is 9.90. The maximum atomic E-state index is 12.8. The van der Waals surface area contributed by atoms with Crippen LogP contribution in [0.1, 0.15) is 11.1 Å². The van der Waals surface area contributed by atoms with Crippen molar-refractivity contribution in [3.8, 4) is 5.75 Å². The van der Waals surface area contributed by atoms with Crippen molar-refractivity contribution >= 4 is 12.0 Å². The molecule has 0 amide bonds. The molecule has 19 heavy (non-hydrogen) atoms. The summed E-state index contributed by atoms with van der Waals surface area (Å²) in [4.78, 5) is 10.3. The van der Waals surface area contributed by atoms with Gasteiger partial charge in [0, 0.05) is 13.2 Å². The van der Waals surface area contributed by atoms with Crippen LogP contribution in [-0.4, -0.2) is 25.0 Å². The molecule has 1 aromatic rings. The number of benzene rings is 1. The number of ether oxygens (including phenoxy) is 2. The third kappa shape index (κ3) is 4.63. The molecule has 0 aliphatic heterocycles. The van der Waals surface area contributed by atoms with Gasteiger partial charge in [-0.05, 0) is 23.8 Å². The van der Waals surface area contributed by atoms with Crippen molar-refractivity contribution in [2.45, 2.75) is 6.18 Å². The van der Waals surface area contributed by atoms with Crippen molar-refractivity contribution in [3.63, 3.8) is 0 Å². The molecule has 0 bridgehead atoms. The van der Waals surface area contributed by atoms with Gasteiger partial charge in [-0.1, -0.05) is 6.07 Å². The molecule has 0 aliphatic rings. The van der Waals surface area contributed by atoms with Crippen LogP contribution in [0.4, 0.5) is 13.2 Å². The first-order valence-electron chi connectivity index (χ1n) is 5.08. The molecule has 0 radical (unpaired) electrons. The van der Waals surface area contributed by atoms with Crippen LogP contribution in [0.25, 0.3) is 6.08 Å². The van der Waals surface area contributed by atoms with E-state index in [2.05, 4.69) is 4.74 Å². The second-order valence-electron chi connectivity index (χ2n) is 3.48. The Hall–Kier alpha value is -2.02. The van der Waals surface area contributed by atoms with Gasteiger partial charge in [0.05, 0.1) is 5.56 Å². The summed E-state index contributed by atoms with van der Waals surface area (Å²) in [5.74, 6) is -1.62. The largest absolute Gasteiger partial charge is 0.478 e. The second kappa shape index (κ2) is 6.24. The van der Waals surface area contributed by atoms with Crippen molar-refractivity contribution in [1.82, 2.24) is 0 Å². The summed E-state index contributed by atoms with van der Waals surface area (Å²) in [5, 5.41) is 8.42. The minimum atomic E-state index is -4.60. The lowest BCUT2D eigenvalue weighted by Gasteiger charge is -2.14. The van der Waals surface area contributed by atoms with Crippen LogP contribution < -0.4 is 4.74 Å². The molecule has 0 spiro atoms. The standard InChI is InChI=1S/C12H11F3O4/c1-18-7-19-10-4-2-8(3-5-11(16)17)6-9(10)12(13,14)15/h2-6H,7H2,1H3,(H,16,17). The molecule has 1 N–H and O–H groups in total. The molecular weight excluding hydrogens is 265 g/mol. The van der Waals surface area contributed by atoms with Gasteiger partial charge in [0.1, 0.15) is 5.75 Å². The fourth-order valence-corrected chi connectivity index (χ4v) is 1.29. The Morgan fingerprint density at radius 2 is 2.11 bits per heavy atom. The van der Waals surface area contributed by atoms with E-state index in [1.54, 1.807) is 0 Å². The SMILES string of the molecule is COCOc1ccc(C=CC(=O)O)cc1C(F)(F)F. The maximum absolute atomic E-state index is 12.8. The van der Waals surface area contributed by atoms with Crippen LogP contribution in [0, 0.1) is 0 Å². The number of alkyl halides is 3. The van der Waals surface area contributed by atoms with E-state index in [9.17, 15) is 18.0 Å². The number of carboxylic acids is 1. The highest BCUT2D eigenvalue weighted by molar-refractivity contribution is 5.85. The van der Waals surface area contributed by atoms with E-state index in [0.717, 1.165) is 24.3 Å². The van der Waals surface area contributed by atoms with Crippen molar-refractivity contribution in [3.05, 3.63) is 35.4 Å². The van der Waals surface area contributed by atoms with E-state index in [1.807, 2.05) is 0 Å². The zero-order valence-corrected chi connectivity index (χ0v) is 9.90. The van der Waals surface area contributed by atoms with Gasteiger partial charge in [-0.2, -0.15) is 13.2 Å². The molecule has 1 aromatic carbocycles. The summed E-state index contributed by atoms with van der Waals surface area (Å²) in [7, 11) is 1.29. The van der Waals surface area contributed by atoms with Crippen LogP contribution in [0.15, 0.2) is 24.3 Å². The van der Waals surface area contributed by atoms with Crippen molar-refractivity contribution in [2.24, 2.45) is 0 Å². The highest BCUT2D eigenvalue weighted by Crippen LogP contribution is 2.37. The highest BCUT2D eigenvalue weighted by atomic mass is 19.4. The molecule has 0 heterocycles. The minimum absolute atomic E-state index is 0.111. The molecule has 0 unspecified atom stereocenters. The van der Waals surface area contributed by atoms with Gasteiger partial charge in [0.2, 0.25) is 0 Å². The molecule has 4 nitrogen and oxygen atoms in total. The van der Waals surface area contributed by atoms with Crippen LogP contribution in [0.5, 0.6) is 5.75 Å². The fourth-order valence-electron chi connectivity index (χ4n) is 1.29. The number of carbonyl (C=O) groups is 1. The number of hydrogen-bond donors (Lipinski definition) is 1. The number of carboxylic acid groups (broad SMARTS) is 1. The first-order chi connectivity index (χ1) is 8.84. The van der Waals surface area contributed by atoms with E-state index in [1.165, 1.54) is 13.2 Å². The van der Waals surface area contributed by atoms with Crippen molar-refractivity contribution < 1.29 is 32.5 Å². The fraction of sp³-hybridized carbons (Fsp3) is 0.250. The molecule has 7 heteroatoms. The number of hydrogen-bond acceptors (Lipinski definition) is 3. The molecule has 0 atom stereocenters. The van der Waals surface area contributed by atoms with E-state index < -0.39 is 17.7 Å². The Balaban J connectivity index is 3.12. The summed E-state index contributed by atoms with van der Waals surface area (Å²) in [5.41, 5.74) is -0.878. The maximum Gasteiger partial charge on any atom is 0.419 e. The lowest BCUT2D eigenvalue weighted by molar-refractivity contribution is -0.139. The van der Waals surface area contributed by atoms with Crippen LogP contribution in [-0.2, 0) is 15.7 Å². The number of halogens is 3. The van der Waals surface area contributed by atoms with Gasteiger partial charge >= 0.3 is 12.1 Å². The summed E-state index contributed by atoms with van der Waals surface area (Å²) >= 11 is 0. The molecule has 0 saturated heterocycles. The summed E-state index contributed by atoms with van der Waals surface area (Å²) < 4.78 is 47.7. The lowest BCUT2D eigenvalue weighted by atomic mass is 10.1. The van der Waals surface area contributed by atoms with E-state index in [4.69, 9.17) is 9.84 Å². The van der Waals surface area contributed by atoms with E-state index >= 15 is 0 Å². The van der Waals surface area contributed by atoms with Crippen LogP contribution in [0.3, 0.4) is 0 Å². The predicted molar refractivity (Wildman–Crippen MR) is 60.6 cm³/mol. The summed E-state index contributed by atoms with van der Waals surface area (Å²) in [6, 6.07) is 3.24. The Morgan fingerprint density at radius 3 is 2.63 bits per heavy atom. The predicted octanol–water partition coefficient (Wildman–Crippen LogP) is 2.79. The normalized spacial score (nSPS) is 11.8. The lowest BCUT2D eigenvalue weighted by Crippen LogP contribution is -2.10. The quantitative estimate of drug-likeness (QED) is 0.663. The highest BCUT2D eigenvalue weighted by Gasteiger charge is 2.34. The summed E-state index contributed by atoms with van der Waals surface area (Å²) in [6.45, 7) is -0.312. The van der Waals surface area contributed by atoms with Gasteiger partial charge < -0.3 is 14.6 Å². The Morgan fingerprint density at radius 1 is 1.42 bits per heavy atom. The Bertz CT molecular complexity index is 480. The Kier molecular flexibility index (Phi) is 4.94. The number of rotatable bonds is 5.